The highest BCUT2D eigenvalue weighted by Gasteiger charge is 2.14. The number of ether oxygens (including phenoxy) is 2. The Morgan fingerprint density at radius 3 is 2.67 bits per heavy atom. The first-order valence-electron chi connectivity index (χ1n) is 6.47. The van der Waals surface area contributed by atoms with Gasteiger partial charge >= 0.3 is 0 Å². The topological polar surface area (TPSA) is 56.3 Å². The van der Waals surface area contributed by atoms with E-state index in [2.05, 4.69) is 29.1 Å². The fraction of sp³-hybridized carbons (Fsp3) is 0.692. The number of aromatic nitrogens is 2. The summed E-state index contributed by atoms with van der Waals surface area (Å²) >= 11 is 0. The fourth-order valence-electron chi connectivity index (χ4n) is 1.45. The Balaban J connectivity index is 2.64. The summed E-state index contributed by atoms with van der Waals surface area (Å²) in [5.74, 6) is 1.61. The number of nitrogens with zero attached hydrogens (tertiary/aromatic N) is 2. The van der Waals surface area contributed by atoms with Crippen LogP contribution in [0.2, 0.25) is 0 Å². The van der Waals surface area contributed by atoms with Crippen LogP contribution in [0.1, 0.15) is 27.7 Å². The lowest BCUT2D eigenvalue weighted by Gasteiger charge is -2.22. The number of nitrogens with one attached hydrogen (secondary N) is 1. The lowest BCUT2D eigenvalue weighted by Crippen LogP contribution is -2.31. The third kappa shape index (κ3) is 4.87. The summed E-state index contributed by atoms with van der Waals surface area (Å²) in [4.78, 5) is 8.49. The van der Waals surface area contributed by atoms with Gasteiger partial charge in [-0.2, -0.15) is 4.98 Å². The largest absolute Gasteiger partial charge is 0.478 e. The molecule has 1 N–H and O–H groups in total. The maximum Gasteiger partial charge on any atom is 0.226 e. The molecule has 0 amide bonds. The van der Waals surface area contributed by atoms with E-state index in [1.54, 1.807) is 12.3 Å². The van der Waals surface area contributed by atoms with E-state index in [-0.39, 0.29) is 6.04 Å². The minimum atomic E-state index is 0.196. The van der Waals surface area contributed by atoms with E-state index in [9.17, 15) is 0 Å². The van der Waals surface area contributed by atoms with Crippen molar-refractivity contribution >= 4 is 5.95 Å². The molecule has 5 heteroatoms. The molecule has 1 heterocycles. The van der Waals surface area contributed by atoms with Gasteiger partial charge in [0.25, 0.3) is 0 Å². The Kier molecular flexibility index (Phi) is 6.43. The van der Waals surface area contributed by atoms with Crippen LogP contribution in [-0.2, 0) is 4.74 Å². The monoisotopic (exact) mass is 253 g/mol. The molecular formula is C13H23N3O2. The third-order valence-electron chi connectivity index (χ3n) is 2.54. The van der Waals surface area contributed by atoms with Gasteiger partial charge < -0.3 is 14.8 Å². The van der Waals surface area contributed by atoms with Gasteiger partial charge in [0.2, 0.25) is 11.8 Å². The molecule has 1 unspecified atom stereocenters. The molecule has 1 rings (SSSR count). The van der Waals surface area contributed by atoms with Gasteiger partial charge in [0, 0.05) is 18.9 Å². The van der Waals surface area contributed by atoms with Gasteiger partial charge in [-0.3, -0.25) is 0 Å². The summed E-state index contributed by atoms with van der Waals surface area (Å²) in [7, 11) is 0. The third-order valence-corrected chi connectivity index (χ3v) is 2.54. The number of rotatable bonds is 8. The summed E-state index contributed by atoms with van der Waals surface area (Å²) in [6, 6.07) is 1.95. The van der Waals surface area contributed by atoms with Crippen molar-refractivity contribution < 1.29 is 9.47 Å². The molecular weight excluding hydrogens is 230 g/mol. The Labute approximate surface area is 109 Å². The summed E-state index contributed by atoms with van der Waals surface area (Å²) in [6.45, 7) is 10.2. The minimum absolute atomic E-state index is 0.196. The van der Waals surface area contributed by atoms with Crippen LogP contribution in [0, 0.1) is 5.92 Å². The maximum atomic E-state index is 5.46. The molecule has 1 aromatic rings. The van der Waals surface area contributed by atoms with Crippen molar-refractivity contribution in [2.45, 2.75) is 33.7 Å². The van der Waals surface area contributed by atoms with Crippen molar-refractivity contribution in [2.24, 2.45) is 5.92 Å². The van der Waals surface area contributed by atoms with Crippen LogP contribution in [0.4, 0.5) is 5.95 Å². The number of hydrogen-bond donors (Lipinski definition) is 1. The van der Waals surface area contributed by atoms with Crippen molar-refractivity contribution in [3.63, 3.8) is 0 Å². The zero-order valence-electron chi connectivity index (χ0n) is 11.6. The Morgan fingerprint density at radius 2 is 2.06 bits per heavy atom. The van der Waals surface area contributed by atoms with Gasteiger partial charge in [-0.1, -0.05) is 13.8 Å². The highest BCUT2D eigenvalue weighted by molar-refractivity contribution is 5.29. The molecule has 1 aromatic heterocycles. The first kappa shape index (κ1) is 14.7. The molecule has 0 radical (unpaired) electrons. The molecule has 0 aliphatic heterocycles. The average Bonchev–Trinajstić information content (AvgIpc) is 2.35. The molecule has 1 atom stereocenters. The summed E-state index contributed by atoms with van der Waals surface area (Å²) in [5.41, 5.74) is 0. The smallest absolute Gasteiger partial charge is 0.226 e. The van der Waals surface area contributed by atoms with Crippen molar-refractivity contribution in [1.29, 1.82) is 0 Å². The summed E-state index contributed by atoms with van der Waals surface area (Å²) in [5, 5.41) is 3.28. The van der Waals surface area contributed by atoms with Gasteiger partial charge in [-0.15, -0.1) is 0 Å². The van der Waals surface area contributed by atoms with E-state index >= 15 is 0 Å². The first-order valence-corrected chi connectivity index (χ1v) is 6.47. The Morgan fingerprint density at radius 1 is 1.28 bits per heavy atom. The quantitative estimate of drug-likeness (QED) is 0.770. The predicted molar refractivity (Wildman–Crippen MR) is 71.9 cm³/mol. The van der Waals surface area contributed by atoms with Gasteiger partial charge in [-0.05, 0) is 19.8 Å². The molecule has 18 heavy (non-hydrogen) atoms. The van der Waals surface area contributed by atoms with Crippen molar-refractivity contribution in [3.8, 4) is 5.88 Å². The van der Waals surface area contributed by atoms with Gasteiger partial charge in [-0.25, -0.2) is 4.98 Å². The van der Waals surface area contributed by atoms with Crippen molar-refractivity contribution in [3.05, 3.63) is 12.3 Å². The van der Waals surface area contributed by atoms with E-state index in [1.807, 2.05) is 13.8 Å². The predicted octanol–water partition coefficient (Wildman–Crippen LogP) is 2.35. The normalized spacial score (nSPS) is 12.5. The molecule has 5 nitrogen and oxygen atoms in total. The highest BCUT2D eigenvalue weighted by Crippen LogP contribution is 2.12. The molecule has 0 bridgehead atoms. The van der Waals surface area contributed by atoms with E-state index < -0.39 is 0 Å². The minimum Gasteiger partial charge on any atom is -0.478 e. The first-order chi connectivity index (χ1) is 8.67. The molecule has 0 fully saturated rings. The van der Waals surface area contributed by atoms with Crippen LogP contribution < -0.4 is 10.1 Å². The van der Waals surface area contributed by atoms with Gasteiger partial charge in [0.1, 0.15) is 0 Å². The number of anilines is 1. The lowest BCUT2D eigenvalue weighted by molar-refractivity contribution is 0.126. The molecule has 0 aliphatic rings. The fourth-order valence-corrected chi connectivity index (χ4v) is 1.45. The molecule has 0 saturated carbocycles. The van der Waals surface area contributed by atoms with Crippen LogP contribution in [-0.4, -0.2) is 35.8 Å². The standard InChI is InChI=1S/C13H23N3O2/c1-5-17-9-11(10(3)4)15-13-14-8-7-12(16-13)18-6-2/h7-8,10-11H,5-6,9H2,1-4H3,(H,14,15,16). The molecule has 0 spiro atoms. The summed E-state index contributed by atoms with van der Waals surface area (Å²) in [6.07, 6.45) is 1.69. The van der Waals surface area contributed by atoms with Gasteiger partial charge in [0.05, 0.1) is 19.3 Å². The SMILES string of the molecule is CCOCC(Nc1nccc(OCC)n1)C(C)C. The molecule has 102 valence electrons. The van der Waals surface area contributed by atoms with Crippen molar-refractivity contribution in [2.75, 3.05) is 25.1 Å². The van der Waals surface area contributed by atoms with E-state index in [0.29, 0.717) is 37.6 Å². The van der Waals surface area contributed by atoms with Crippen LogP contribution in [0.3, 0.4) is 0 Å². The van der Waals surface area contributed by atoms with E-state index in [1.165, 1.54) is 0 Å². The highest BCUT2D eigenvalue weighted by atomic mass is 16.5. The summed E-state index contributed by atoms with van der Waals surface area (Å²) < 4.78 is 10.8. The maximum absolute atomic E-state index is 5.46. The Bertz CT molecular complexity index is 345. The lowest BCUT2D eigenvalue weighted by atomic mass is 10.1. The zero-order chi connectivity index (χ0) is 13.4. The van der Waals surface area contributed by atoms with Crippen LogP contribution in [0.25, 0.3) is 0 Å². The second-order valence-electron chi connectivity index (χ2n) is 4.31. The van der Waals surface area contributed by atoms with E-state index in [0.717, 1.165) is 0 Å². The van der Waals surface area contributed by atoms with E-state index in [4.69, 9.17) is 9.47 Å². The van der Waals surface area contributed by atoms with Crippen molar-refractivity contribution in [1.82, 2.24) is 9.97 Å². The zero-order valence-corrected chi connectivity index (χ0v) is 11.6. The van der Waals surface area contributed by atoms with Crippen LogP contribution in [0.5, 0.6) is 5.88 Å². The second-order valence-corrected chi connectivity index (χ2v) is 4.31. The number of hydrogen-bond acceptors (Lipinski definition) is 5. The van der Waals surface area contributed by atoms with Crippen LogP contribution in [0.15, 0.2) is 12.3 Å². The Hall–Kier alpha value is -1.36. The van der Waals surface area contributed by atoms with Crippen LogP contribution >= 0.6 is 0 Å². The van der Waals surface area contributed by atoms with Gasteiger partial charge in [0.15, 0.2) is 0 Å². The average molecular weight is 253 g/mol. The molecule has 0 saturated heterocycles. The molecule has 0 aliphatic carbocycles. The second kappa shape index (κ2) is 7.87. The molecule has 0 aromatic carbocycles.